The van der Waals surface area contributed by atoms with Crippen LogP contribution >= 0.6 is 0 Å². The molecule has 0 bridgehead atoms. The lowest BCUT2D eigenvalue weighted by Crippen LogP contribution is -2.37. The predicted octanol–water partition coefficient (Wildman–Crippen LogP) is 0.359. The molecule has 63 valence electrons. The Balaban J connectivity index is 2.27. The molecule has 1 heterocycles. The van der Waals surface area contributed by atoms with Crippen LogP contribution in [0.15, 0.2) is 0 Å². The number of ketones is 1. The van der Waals surface area contributed by atoms with Gasteiger partial charge in [-0.25, -0.2) is 5.32 Å². The topological polar surface area (TPSA) is 40.4 Å². The van der Waals surface area contributed by atoms with Gasteiger partial charge in [-0.15, -0.1) is 0 Å². The number of nitrogens with zero attached hydrogens (tertiary/aromatic N) is 1. The first-order chi connectivity index (χ1) is 5.34. The number of piperidine rings is 1. The van der Waals surface area contributed by atoms with Gasteiger partial charge in [-0.3, -0.25) is 4.79 Å². The van der Waals surface area contributed by atoms with E-state index >= 15 is 0 Å². The Morgan fingerprint density at radius 3 is 3.00 bits per heavy atom. The molecule has 0 aromatic rings. The van der Waals surface area contributed by atoms with E-state index in [4.69, 9.17) is 4.74 Å². The van der Waals surface area contributed by atoms with Crippen molar-refractivity contribution in [1.29, 1.82) is 0 Å². The Kier molecular flexibility index (Phi) is 3.52. The van der Waals surface area contributed by atoms with Gasteiger partial charge in [0.25, 0.3) is 0 Å². The Morgan fingerprint density at radius 2 is 2.45 bits per heavy atom. The maximum atomic E-state index is 11.2. The van der Waals surface area contributed by atoms with Crippen LogP contribution in [0, 0.1) is 0 Å². The summed E-state index contributed by atoms with van der Waals surface area (Å²) in [6.45, 7) is 1.06. The molecule has 0 aliphatic carbocycles. The maximum Gasteiger partial charge on any atom is 0.176 e. The van der Waals surface area contributed by atoms with E-state index in [1.807, 2.05) is 0 Å². The van der Waals surface area contributed by atoms with E-state index in [1.54, 1.807) is 7.11 Å². The summed E-state index contributed by atoms with van der Waals surface area (Å²) in [5.41, 5.74) is 0. The Labute approximate surface area is 67.1 Å². The second-order valence-corrected chi connectivity index (χ2v) is 2.82. The molecule has 1 atom stereocenters. The molecule has 0 spiro atoms. The summed E-state index contributed by atoms with van der Waals surface area (Å²) in [5, 5.41) is 4.22. The Bertz CT molecular complexity index is 130. The highest BCUT2D eigenvalue weighted by Gasteiger charge is 2.20. The van der Waals surface area contributed by atoms with Crippen LogP contribution < -0.4 is 5.32 Å². The monoisotopic (exact) mass is 156 g/mol. The zero-order valence-electron chi connectivity index (χ0n) is 6.88. The zero-order chi connectivity index (χ0) is 8.10. The highest BCUT2D eigenvalue weighted by Crippen LogP contribution is 2.09. The minimum atomic E-state index is -0.0660. The quantitative estimate of drug-likeness (QED) is 0.592. The van der Waals surface area contributed by atoms with Gasteiger partial charge in [-0.2, -0.15) is 0 Å². The molecule has 1 unspecified atom stereocenters. The van der Waals surface area contributed by atoms with E-state index in [9.17, 15) is 4.79 Å². The first-order valence-corrected chi connectivity index (χ1v) is 4.03. The van der Waals surface area contributed by atoms with E-state index in [1.165, 1.54) is 0 Å². The molecule has 11 heavy (non-hydrogen) atoms. The van der Waals surface area contributed by atoms with Crippen LogP contribution in [0.2, 0.25) is 0 Å². The first kappa shape index (κ1) is 8.68. The third-order valence-electron chi connectivity index (χ3n) is 1.89. The second kappa shape index (κ2) is 4.46. The van der Waals surface area contributed by atoms with Crippen LogP contribution in [-0.4, -0.2) is 32.1 Å². The van der Waals surface area contributed by atoms with E-state index < -0.39 is 0 Å². The van der Waals surface area contributed by atoms with Gasteiger partial charge >= 0.3 is 0 Å². The molecule has 0 aromatic carbocycles. The van der Waals surface area contributed by atoms with E-state index in [2.05, 4.69) is 5.32 Å². The Morgan fingerprint density at radius 1 is 1.64 bits per heavy atom. The van der Waals surface area contributed by atoms with Crippen LogP contribution in [0.4, 0.5) is 0 Å². The maximum absolute atomic E-state index is 11.2. The average Bonchev–Trinajstić information content (AvgIpc) is 2.07. The number of hydrogen-bond donors (Lipinski definition) is 0. The summed E-state index contributed by atoms with van der Waals surface area (Å²) in [7, 11) is 1.54. The average molecular weight is 156 g/mol. The van der Waals surface area contributed by atoms with Crippen molar-refractivity contribution in [2.24, 2.45) is 0 Å². The molecule has 0 amide bonds. The van der Waals surface area contributed by atoms with Gasteiger partial charge in [0.05, 0.1) is 6.04 Å². The van der Waals surface area contributed by atoms with E-state index in [0.717, 1.165) is 25.8 Å². The lowest BCUT2D eigenvalue weighted by Gasteiger charge is -2.19. The standard InChI is InChI=1S/C8H14NO2/c1-11-6-8(10)7-4-2-3-5-9-7/h7H,2-6H2,1H3. The molecule has 1 aliphatic rings. The largest absolute Gasteiger partial charge is 0.377 e. The third-order valence-corrected chi connectivity index (χ3v) is 1.89. The summed E-state index contributed by atoms with van der Waals surface area (Å²) < 4.78 is 4.75. The van der Waals surface area contributed by atoms with Crippen LogP contribution in [0.3, 0.4) is 0 Å². The van der Waals surface area contributed by atoms with Crippen molar-refractivity contribution in [2.75, 3.05) is 20.3 Å². The van der Waals surface area contributed by atoms with Crippen molar-refractivity contribution in [3.8, 4) is 0 Å². The van der Waals surface area contributed by atoms with Crippen molar-refractivity contribution in [3.05, 3.63) is 0 Å². The first-order valence-electron chi connectivity index (χ1n) is 4.03. The predicted molar refractivity (Wildman–Crippen MR) is 41.5 cm³/mol. The number of hydrogen-bond acceptors (Lipinski definition) is 2. The zero-order valence-corrected chi connectivity index (χ0v) is 6.88. The smallest absolute Gasteiger partial charge is 0.176 e. The molecule has 0 saturated carbocycles. The lowest BCUT2D eigenvalue weighted by molar-refractivity contribution is -0.125. The van der Waals surface area contributed by atoms with Crippen molar-refractivity contribution < 1.29 is 9.53 Å². The van der Waals surface area contributed by atoms with Crippen molar-refractivity contribution in [3.63, 3.8) is 0 Å². The highest BCUT2D eigenvalue weighted by atomic mass is 16.5. The molecular formula is C8H14NO2. The molecule has 1 aliphatic heterocycles. The molecule has 1 fully saturated rings. The summed E-state index contributed by atoms with van der Waals surface area (Å²) in [6.07, 6.45) is 3.18. The molecule has 1 radical (unpaired) electrons. The lowest BCUT2D eigenvalue weighted by atomic mass is 10.0. The van der Waals surface area contributed by atoms with E-state index in [-0.39, 0.29) is 18.4 Å². The minimum absolute atomic E-state index is 0.0660. The summed E-state index contributed by atoms with van der Waals surface area (Å²) in [6, 6.07) is -0.0660. The fourth-order valence-electron chi connectivity index (χ4n) is 1.29. The fourth-order valence-corrected chi connectivity index (χ4v) is 1.29. The van der Waals surface area contributed by atoms with Crippen LogP contribution in [0.5, 0.6) is 0 Å². The number of Topliss-reactive ketones (excluding diaryl/α,β-unsaturated/α-hetero) is 1. The van der Waals surface area contributed by atoms with Crippen molar-refractivity contribution >= 4 is 5.78 Å². The van der Waals surface area contributed by atoms with Gasteiger partial charge in [0.15, 0.2) is 5.78 Å². The van der Waals surface area contributed by atoms with Gasteiger partial charge in [0.1, 0.15) is 6.61 Å². The number of carbonyl (C=O) groups is 1. The van der Waals surface area contributed by atoms with Gasteiger partial charge in [-0.1, -0.05) is 6.42 Å². The molecule has 1 rings (SSSR count). The molecule has 0 aromatic heterocycles. The second-order valence-electron chi connectivity index (χ2n) is 2.82. The van der Waals surface area contributed by atoms with Gasteiger partial charge in [0.2, 0.25) is 0 Å². The van der Waals surface area contributed by atoms with E-state index in [0.29, 0.717) is 0 Å². The van der Waals surface area contributed by atoms with Crippen LogP contribution in [0.1, 0.15) is 19.3 Å². The normalized spacial score (nSPS) is 25.0. The van der Waals surface area contributed by atoms with Crippen LogP contribution in [-0.2, 0) is 9.53 Å². The molecule has 0 N–H and O–H groups in total. The molecule has 3 nitrogen and oxygen atoms in total. The van der Waals surface area contributed by atoms with Crippen molar-refractivity contribution in [1.82, 2.24) is 5.32 Å². The molecule has 1 saturated heterocycles. The summed E-state index contributed by atoms with van der Waals surface area (Å²) >= 11 is 0. The third kappa shape index (κ3) is 2.60. The SMILES string of the molecule is COCC(=O)C1CCCC[N]1. The number of rotatable bonds is 3. The molecular weight excluding hydrogens is 142 g/mol. The number of methoxy groups -OCH3 is 1. The van der Waals surface area contributed by atoms with Gasteiger partial charge in [0, 0.05) is 13.7 Å². The number of carbonyl (C=O) groups excluding carboxylic acids is 1. The minimum Gasteiger partial charge on any atom is -0.377 e. The van der Waals surface area contributed by atoms with Gasteiger partial charge < -0.3 is 4.74 Å². The van der Waals surface area contributed by atoms with Gasteiger partial charge in [-0.05, 0) is 12.8 Å². The summed E-state index contributed by atoms with van der Waals surface area (Å²) in [5.74, 6) is 0.132. The van der Waals surface area contributed by atoms with Crippen molar-refractivity contribution in [2.45, 2.75) is 25.3 Å². The fraction of sp³-hybridized carbons (Fsp3) is 0.875. The Hall–Kier alpha value is -0.410. The van der Waals surface area contributed by atoms with Crippen LogP contribution in [0.25, 0.3) is 0 Å². The number of ether oxygens (including phenoxy) is 1. The molecule has 3 heteroatoms. The highest BCUT2D eigenvalue weighted by molar-refractivity contribution is 5.85. The summed E-state index contributed by atoms with van der Waals surface area (Å²) in [4.78, 5) is 11.2.